The summed E-state index contributed by atoms with van der Waals surface area (Å²) in [5.41, 5.74) is 0.241. The third-order valence-electron chi connectivity index (χ3n) is 6.20. The number of rotatable bonds is 7. The lowest BCUT2D eigenvalue weighted by atomic mass is 10.0. The molecule has 8 nitrogen and oxygen atoms in total. The molecule has 2 saturated heterocycles. The van der Waals surface area contributed by atoms with Gasteiger partial charge in [-0.1, -0.05) is 13.8 Å². The Morgan fingerprint density at radius 3 is 2.45 bits per heavy atom. The van der Waals surface area contributed by atoms with Crippen LogP contribution < -0.4 is 10.2 Å². The topological polar surface area (TPSA) is 97.0 Å². The van der Waals surface area contributed by atoms with E-state index in [9.17, 15) is 18.5 Å². The van der Waals surface area contributed by atoms with Crippen molar-refractivity contribution < 1.29 is 18.2 Å². The summed E-state index contributed by atoms with van der Waals surface area (Å²) in [5.74, 6) is 0.507. The van der Waals surface area contributed by atoms with Gasteiger partial charge in [-0.05, 0) is 37.3 Å². The summed E-state index contributed by atoms with van der Waals surface area (Å²) in [6, 6.07) is 4.45. The Kier molecular flexibility index (Phi) is 7.13. The Labute approximate surface area is 173 Å². The second kappa shape index (κ2) is 9.40. The van der Waals surface area contributed by atoms with E-state index >= 15 is 0 Å². The smallest absolute Gasteiger partial charge is 0.293 e. The Hall–Kier alpha value is -1.71. The molecule has 0 bridgehead atoms. The van der Waals surface area contributed by atoms with Gasteiger partial charge in [-0.25, -0.2) is 8.42 Å². The molecule has 162 valence electrons. The van der Waals surface area contributed by atoms with Gasteiger partial charge in [0.25, 0.3) is 5.69 Å². The van der Waals surface area contributed by atoms with Crippen LogP contribution in [-0.2, 0) is 10.0 Å². The molecule has 2 heterocycles. The summed E-state index contributed by atoms with van der Waals surface area (Å²) in [5, 5.41) is 14.9. The highest BCUT2D eigenvalue weighted by atomic mass is 32.2. The highest BCUT2D eigenvalue weighted by Crippen LogP contribution is 2.31. The zero-order valence-corrected chi connectivity index (χ0v) is 18.2. The van der Waals surface area contributed by atoms with Gasteiger partial charge in [0.1, 0.15) is 5.69 Å². The van der Waals surface area contributed by atoms with E-state index in [-0.39, 0.29) is 16.6 Å². The molecule has 1 aromatic rings. The lowest BCUT2D eigenvalue weighted by Crippen LogP contribution is -3.13. The maximum atomic E-state index is 12.9. The van der Waals surface area contributed by atoms with Crippen LogP contribution in [-0.4, -0.2) is 56.4 Å². The zero-order chi connectivity index (χ0) is 21.0. The number of nitro benzene ring substituents is 1. The maximum absolute atomic E-state index is 12.9. The summed E-state index contributed by atoms with van der Waals surface area (Å²) < 4.78 is 27.3. The van der Waals surface area contributed by atoms with E-state index in [0.29, 0.717) is 24.7 Å². The van der Waals surface area contributed by atoms with Crippen molar-refractivity contribution in [1.82, 2.24) is 4.31 Å². The molecule has 0 radical (unpaired) electrons. The molecule has 2 fully saturated rings. The molecule has 0 aliphatic carbocycles. The molecule has 29 heavy (non-hydrogen) atoms. The van der Waals surface area contributed by atoms with Crippen LogP contribution in [0.25, 0.3) is 0 Å². The van der Waals surface area contributed by atoms with Crippen LogP contribution in [0.4, 0.5) is 11.4 Å². The van der Waals surface area contributed by atoms with E-state index in [4.69, 9.17) is 0 Å². The van der Waals surface area contributed by atoms with E-state index in [0.717, 1.165) is 51.7 Å². The van der Waals surface area contributed by atoms with Crippen molar-refractivity contribution in [2.75, 3.05) is 38.0 Å². The van der Waals surface area contributed by atoms with Crippen LogP contribution in [0.15, 0.2) is 23.1 Å². The van der Waals surface area contributed by atoms with Crippen LogP contribution in [0, 0.1) is 16.0 Å². The number of sulfonamides is 1. The number of quaternary nitrogens is 1. The van der Waals surface area contributed by atoms with Crippen LogP contribution >= 0.6 is 0 Å². The fourth-order valence-corrected chi connectivity index (χ4v) is 5.80. The second-order valence-electron chi connectivity index (χ2n) is 8.44. The minimum atomic E-state index is -3.71. The van der Waals surface area contributed by atoms with E-state index in [1.165, 1.54) is 16.4 Å². The molecule has 2 aliphatic heterocycles. The maximum Gasteiger partial charge on any atom is 0.293 e. The van der Waals surface area contributed by atoms with Crippen LogP contribution in [0.1, 0.15) is 46.0 Å². The molecule has 0 spiro atoms. The van der Waals surface area contributed by atoms with Crippen molar-refractivity contribution in [3.05, 3.63) is 28.3 Å². The molecule has 2 N–H and O–H groups in total. The normalized spacial score (nSPS) is 24.3. The molecular formula is C20H33N4O4S+. The first-order valence-corrected chi connectivity index (χ1v) is 12.1. The highest BCUT2D eigenvalue weighted by molar-refractivity contribution is 7.89. The van der Waals surface area contributed by atoms with Gasteiger partial charge < -0.3 is 10.2 Å². The van der Waals surface area contributed by atoms with Crippen molar-refractivity contribution in [3.8, 4) is 0 Å². The highest BCUT2D eigenvalue weighted by Gasteiger charge is 2.31. The van der Waals surface area contributed by atoms with Gasteiger partial charge in [0, 0.05) is 38.0 Å². The fourth-order valence-electron chi connectivity index (χ4n) is 4.31. The van der Waals surface area contributed by atoms with Gasteiger partial charge in [0.2, 0.25) is 10.0 Å². The Balaban J connectivity index is 1.75. The van der Waals surface area contributed by atoms with Crippen molar-refractivity contribution in [2.24, 2.45) is 5.92 Å². The Bertz CT molecular complexity index is 814. The minimum Gasteiger partial charge on any atom is -0.376 e. The van der Waals surface area contributed by atoms with Gasteiger partial charge in [0.15, 0.2) is 0 Å². The average Bonchev–Trinajstić information content (AvgIpc) is 2.70. The first-order chi connectivity index (χ1) is 13.8. The molecule has 1 aromatic carbocycles. The molecule has 0 atom stereocenters. The number of hydrogen-bond acceptors (Lipinski definition) is 5. The van der Waals surface area contributed by atoms with Crippen LogP contribution in [0.5, 0.6) is 0 Å². The van der Waals surface area contributed by atoms with Gasteiger partial charge >= 0.3 is 0 Å². The Morgan fingerprint density at radius 1 is 1.21 bits per heavy atom. The summed E-state index contributed by atoms with van der Waals surface area (Å²) in [7, 11) is -3.71. The van der Waals surface area contributed by atoms with E-state index < -0.39 is 14.9 Å². The van der Waals surface area contributed by atoms with Crippen molar-refractivity contribution in [2.45, 2.75) is 56.9 Å². The Morgan fingerprint density at radius 2 is 1.86 bits per heavy atom. The van der Waals surface area contributed by atoms with Gasteiger partial charge in [0.05, 0.1) is 29.5 Å². The predicted octanol–water partition coefficient (Wildman–Crippen LogP) is 1.88. The van der Waals surface area contributed by atoms with Crippen molar-refractivity contribution in [1.29, 1.82) is 0 Å². The van der Waals surface area contributed by atoms with E-state index in [2.05, 4.69) is 19.2 Å². The molecule has 0 unspecified atom stereocenters. The predicted molar refractivity (Wildman–Crippen MR) is 113 cm³/mol. The largest absolute Gasteiger partial charge is 0.376 e. The van der Waals surface area contributed by atoms with Crippen LogP contribution in [0.3, 0.4) is 0 Å². The summed E-state index contributed by atoms with van der Waals surface area (Å²) >= 11 is 0. The summed E-state index contributed by atoms with van der Waals surface area (Å²) in [6.07, 6.45) is 4.71. The minimum absolute atomic E-state index is 0.00603. The number of piperidine rings is 2. The lowest BCUT2D eigenvalue weighted by molar-refractivity contribution is -0.905. The zero-order valence-electron chi connectivity index (χ0n) is 17.4. The van der Waals surface area contributed by atoms with E-state index in [1.807, 2.05) is 0 Å². The van der Waals surface area contributed by atoms with E-state index in [1.54, 1.807) is 11.0 Å². The lowest BCUT2D eigenvalue weighted by Gasteiger charge is -2.30. The number of likely N-dealkylation sites (tertiary alicyclic amines) is 1. The molecule has 9 heteroatoms. The van der Waals surface area contributed by atoms with Crippen LogP contribution in [0.2, 0.25) is 0 Å². The number of anilines is 1. The van der Waals surface area contributed by atoms with Crippen molar-refractivity contribution >= 4 is 21.4 Å². The number of nitrogens with one attached hydrogen (secondary N) is 2. The molecule has 0 saturated carbocycles. The van der Waals surface area contributed by atoms with Gasteiger partial charge in [-0.15, -0.1) is 0 Å². The fraction of sp³-hybridized carbons (Fsp3) is 0.700. The average molecular weight is 426 g/mol. The molecular weight excluding hydrogens is 392 g/mol. The van der Waals surface area contributed by atoms with Gasteiger partial charge in [-0.2, -0.15) is 4.31 Å². The molecule has 2 aliphatic rings. The monoisotopic (exact) mass is 425 g/mol. The van der Waals surface area contributed by atoms with Gasteiger partial charge in [-0.3, -0.25) is 10.1 Å². The first-order valence-electron chi connectivity index (χ1n) is 10.7. The molecule has 0 amide bonds. The van der Waals surface area contributed by atoms with Crippen molar-refractivity contribution in [3.63, 3.8) is 0 Å². The molecule has 0 aromatic heterocycles. The summed E-state index contributed by atoms with van der Waals surface area (Å²) in [6.45, 7) is 8.50. The standard InChI is InChI=1S/C20H32N4O4S/c1-3-10-22-11-8-17(9-12-22)21-19-5-4-18(15-20(19)24(25)26)29(27,28)23-13-6-16(2)7-14-23/h4-5,15-17,21H,3,6-14H2,1-2H3/p+1. The first kappa shape index (κ1) is 22.0. The number of hydrogen-bond donors (Lipinski definition) is 2. The number of nitrogens with zero attached hydrogens (tertiary/aromatic N) is 2. The second-order valence-corrected chi connectivity index (χ2v) is 10.4. The number of benzene rings is 1. The third kappa shape index (κ3) is 5.26. The number of nitro groups is 1. The summed E-state index contributed by atoms with van der Waals surface area (Å²) in [4.78, 5) is 12.8. The quantitative estimate of drug-likeness (QED) is 0.514. The SMILES string of the molecule is CCC[NH+]1CCC(Nc2ccc(S(=O)(=O)N3CCC(C)CC3)cc2[N+](=O)[O-])CC1. The molecule has 3 rings (SSSR count). The third-order valence-corrected chi connectivity index (χ3v) is 8.10.